The average Bonchev–Trinajstić information content (AvgIpc) is 3.08. The first-order chi connectivity index (χ1) is 13.1. The Balaban J connectivity index is 1.74. The molecule has 0 aliphatic rings. The molecule has 7 heteroatoms. The highest BCUT2D eigenvalue weighted by Gasteiger charge is 2.21. The van der Waals surface area contributed by atoms with Gasteiger partial charge in [0.05, 0.1) is 34.9 Å². The van der Waals surface area contributed by atoms with E-state index >= 15 is 0 Å². The quantitative estimate of drug-likeness (QED) is 0.524. The summed E-state index contributed by atoms with van der Waals surface area (Å²) in [5.41, 5.74) is 1.60. The lowest BCUT2D eigenvalue weighted by atomic mass is 10.2. The maximum atomic E-state index is 12.7. The van der Waals surface area contributed by atoms with Gasteiger partial charge in [-0.3, -0.25) is 4.79 Å². The number of hydrogen-bond acceptors (Lipinski definition) is 6. The molecule has 0 aliphatic heterocycles. The van der Waals surface area contributed by atoms with Crippen LogP contribution in [0, 0.1) is 0 Å². The van der Waals surface area contributed by atoms with Gasteiger partial charge in [-0.25, -0.2) is 4.98 Å². The third-order valence-electron chi connectivity index (χ3n) is 3.92. The summed E-state index contributed by atoms with van der Waals surface area (Å²) in [6, 6.07) is 13.3. The van der Waals surface area contributed by atoms with E-state index in [-0.39, 0.29) is 11.2 Å². The van der Waals surface area contributed by atoms with Crippen molar-refractivity contribution in [2.24, 2.45) is 0 Å². The van der Waals surface area contributed by atoms with Crippen LogP contribution in [-0.4, -0.2) is 29.9 Å². The maximum absolute atomic E-state index is 12.7. The minimum Gasteiger partial charge on any atom is -0.495 e. The predicted octanol–water partition coefficient (Wildman–Crippen LogP) is 5.21. The first kappa shape index (κ1) is 19.5. The maximum Gasteiger partial charge on any atom is 0.238 e. The molecule has 0 spiro atoms. The van der Waals surface area contributed by atoms with E-state index in [1.807, 2.05) is 56.3 Å². The van der Waals surface area contributed by atoms with E-state index in [0.29, 0.717) is 24.5 Å². The summed E-state index contributed by atoms with van der Waals surface area (Å²) >= 11 is 3.07. The molecule has 3 rings (SSSR count). The summed E-state index contributed by atoms with van der Waals surface area (Å²) in [4.78, 5) is 17.4. The Kier molecular flexibility index (Phi) is 6.58. The van der Waals surface area contributed by atoms with Crippen LogP contribution in [-0.2, 0) is 4.79 Å². The van der Waals surface area contributed by atoms with E-state index in [2.05, 4.69) is 10.3 Å². The minimum atomic E-state index is -0.234. The lowest BCUT2D eigenvalue weighted by Crippen LogP contribution is -2.24. The summed E-state index contributed by atoms with van der Waals surface area (Å²) in [6.07, 6.45) is 0.700. The molecule has 1 heterocycles. The Bertz CT molecular complexity index is 926. The number of carbonyl (C=O) groups is 1. The van der Waals surface area contributed by atoms with Crippen LogP contribution < -0.4 is 14.8 Å². The van der Waals surface area contributed by atoms with Crippen LogP contribution in [0.2, 0.25) is 0 Å². The lowest BCUT2D eigenvalue weighted by Gasteiger charge is -2.15. The molecule has 27 heavy (non-hydrogen) atoms. The van der Waals surface area contributed by atoms with Gasteiger partial charge in [0, 0.05) is 0 Å². The van der Waals surface area contributed by atoms with Gasteiger partial charge in [0.25, 0.3) is 0 Å². The molecule has 1 unspecified atom stereocenters. The fourth-order valence-corrected chi connectivity index (χ4v) is 4.86. The number of amides is 1. The van der Waals surface area contributed by atoms with Crippen LogP contribution >= 0.6 is 23.1 Å². The van der Waals surface area contributed by atoms with Crippen molar-refractivity contribution in [3.8, 4) is 11.5 Å². The number of anilines is 1. The summed E-state index contributed by atoms with van der Waals surface area (Å²) < 4.78 is 12.8. The third kappa shape index (κ3) is 4.73. The highest BCUT2D eigenvalue weighted by Crippen LogP contribution is 2.35. The number of hydrogen-bond donors (Lipinski definition) is 1. The molecular formula is C20H22N2O3S2. The van der Waals surface area contributed by atoms with E-state index in [4.69, 9.17) is 9.47 Å². The van der Waals surface area contributed by atoms with E-state index < -0.39 is 0 Å². The molecule has 0 bridgehead atoms. The summed E-state index contributed by atoms with van der Waals surface area (Å²) in [5.74, 6) is 1.43. The number of benzene rings is 2. The molecule has 0 saturated carbocycles. The molecule has 1 atom stereocenters. The largest absolute Gasteiger partial charge is 0.495 e. The molecular weight excluding hydrogens is 380 g/mol. The summed E-state index contributed by atoms with van der Waals surface area (Å²) in [7, 11) is 1.59. The van der Waals surface area contributed by atoms with Crippen molar-refractivity contribution >= 4 is 44.9 Å². The third-order valence-corrected chi connectivity index (χ3v) is 6.40. The Labute approximate surface area is 167 Å². The van der Waals surface area contributed by atoms with Gasteiger partial charge < -0.3 is 14.8 Å². The SMILES string of the molecule is CCOc1ccc2nc(SC(CC)C(=O)Nc3ccccc3OC)sc2c1. The molecule has 0 saturated heterocycles. The lowest BCUT2D eigenvalue weighted by molar-refractivity contribution is -0.115. The van der Waals surface area contributed by atoms with Gasteiger partial charge in [0.2, 0.25) is 5.91 Å². The van der Waals surface area contributed by atoms with Crippen molar-refractivity contribution in [2.75, 3.05) is 19.0 Å². The van der Waals surface area contributed by atoms with Crippen molar-refractivity contribution in [1.29, 1.82) is 0 Å². The number of nitrogens with zero attached hydrogens (tertiary/aromatic N) is 1. The number of aromatic nitrogens is 1. The number of thioether (sulfide) groups is 1. The van der Waals surface area contributed by atoms with Crippen molar-refractivity contribution < 1.29 is 14.3 Å². The van der Waals surface area contributed by atoms with Crippen LogP contribution in [0.5, 0.6) is 11.5 Å². The molecule has 1 N–H and O–H groups in total. The predicted molar refractivity (Wildman–Crippen MR) is 112 cm³/mol. The second kappa shape index (κ2) is 9.10. The standard InChI is InChI=1S/C20H22N2O3S2/c1-4-17(19(23)21-14-8-6-7-9-16(14)24-3)26-20-22-15-11-10-13(25-5-2)12-18(15)27-20/h6-12,17H,4-5H2,1-3H3,(H,21,23). The molecule has 142 valence electrons. The number of ether oxygens (including phenoxy) is 2. The molecule has 1 aromatic heterocycles. The van der Waals surface area contributed by atoms with Crippen molar-refractivity contribution in [2.45, 2.75) is 29.9 Å². The fourth-order valence-electron chi connectivity index (χ4n) is 2.60. The van der Waals surface area contributed by atoms with E-state index in [1.165, 1.54) is 11.8 Å². The topological polar surface area (TPSA) is 60.5 Å². The first-order valence-electron chi connectivity index (χ1n) is 8.78. The van der Waals surface area contributed by atoms with Crippen molar-refractivity contribution in [3.63, 3.8) is 0 Å². The van der Waals surface area contributed by atoms with Gasteiger partial charge >= 0.3 is 0 Å². The van der Waals surface area contributed by atoms with Crippen LogP contribution in [0.3, 0.4) is 0 Å². The van der Waals surface area contributed by atoms with Crippen molar-refractivity contribution in [3.05, 3.63) is 42.5 Å². The highest BCUT2D eigenvalue weighted by molar-refractivity contribution is 8.02. The second-order valence-electron chi connectivity index (χ2n) is 5.75. The zero-order chi connectivity index (χ0) is 19.2. The van der Waals surface area contributed by atoms with Gasteiger partial charge in [-0.1, -0.05) is 30.8 Å². The zero-order valence-electron chi connectivity index (χ0n) is 15.5. The number of fused-ring (bicyclic) bond motifs is 1. The van der Waals surface area contributed by atoms with Gasteiger partial charge in [0.15, 0.2) is 4.34 Å². The molecule has 2 aromatic carbocycles. The average molecular weight is 403 g/mol. The smallest absolute Gasteiger partial charge is 0.238 e. The fraction of sp³-hybridized carbons (Fsp3) is 0.300. The number of carbonyl (C=O) groups excluding carboxylic acids is 1. The van der Waals surface area contributed by atoms with Crippen LogP contribution in [0.1, 0.15) is 20.3 Å². The Morgan fingerprint density at radius 1 is 1.26 bits per heavy atom. The Morgan fingerprint density at radius 3 is 2.81 bits per heavy atom. The molecule has 3 aromatic rings. The summed E-state index contributed by atoms with van der Waals surface area (Å²) in [6.45, 7) is 4.59. The van der Waals surface area contributed by atoms with Crippen LogP contribution in [0.25, 0.3) is 10.2 Å². The number of rotatable bonds is 8. The number of methoxy groups -OCH3 is 1. The minimum absolute atomic E-state index is 0.0544. The number of nitrogens with one attached hydrogen (secondary N) is 1. The monoisotopic (exact) mass is 402 g/mol. The highest BCUT2D eigenvalue weighted by atomic mass is 32.2. The molecule has 1 amide bonds. The number of para-hydroxylation sites is 2. The Morgan fingerprint density at radius 2 is 2.07 bits per heavy atom. The molecule has 0 aliphatic carbocycles. The van der Waals surface area contributed by atoms with Gasteiger partial charge in [0.1, 0.15) is 11.5 Å². The molecule has 0 fully saturated rings. The molecule has 0 radical (unpaired) electrons. The molecule has 5 nitrogen and oxygen atoms in total. The second-order valence-corrected chi connectivity index (χ2v) is 8.23. The zero-order valence-corrected chi connectivity index (χ0v) is 17.2. The van der Waals surface area contributed by atoms with E-state index in [9.17, 15) is 4.79 Å². The van der Waals surface area contributed by atoms with E-state index in [1.54, 1.807) is 18.4 Å². The Hall–Kier alpha value is -2.25. The van der Waals surface area contributed by atoms with Gasteiger partial charge in [-0.2, -0.15) is 0 Å². The normalized spacial score (nSPS) is 12.0. The summed E-state index contributed by atoms with van der Waals surface area (Å²) in [5, 5.41) is 2.73. The van der Waals surface area contributed by atoms with Crippen LogP contribution in [0.15, 0.2) is 46.8 Å². The van der Waals surface area contributed by atoms with Gasteiger partial charge in [-0.15, -0.1) is 11.3 Å². The van der Waals surface area contributed by atoms with Crippen LogP contribution in [0.4, 0.5) is 5.69 Å². The number of thiazole rings is 1. The van der Waals surface area contributed by atoms with E-state index in [0.717, 1.165) is 20.3 Å². The first-order valence-corrected chi connectivity index (χ1v) is 10.5. The van der Waals surface area contributed by atoms with Gasteiger partial charge in [-0.05, 0) is 43.7 Å². The van der Waals surface area contributed by atoms with Crippen molar-refractivity contribution in [1.82, 2.24) is 4.98 Å².